The number of fused-ring (bicyclic) bond motifs is 1. The van der Waals surface area contributed by atoms with Crippen LogP contribution in [0.5, 0.6) is 0 Å². The number of ether oxygens (including phenoxy) is 1. The Morgan fingerprint density at radius 3 is 2.84 bits per heavy atom. The van der Waals surface area contributed by atoms with E-state index in [1.54, 1.807) is 19.1 Å². The summed E-state index contributed by atoms with van der Waals surface area (Å²) in [5.74, 6) is 0.960. The molecule has 0 fully saturated rings. The zero-order chi connectivity index (χ0) is 17.8. The van der Waals surface area contributed by atoms with E-state index in [2.05, 4.69) is 9.97 Å². The summed E-state index contributed by atoms with van der Waals surface area (Å²) in [4.78, 5) is 31.9. The molecule has 0 bridgehead atoms. The number of hydrogen-bond acceptors (Lipinski definition) is 6. The normalized spacial score (nSPS) is 11.0. The number of thioether (sulfide) groups is 1. The van der Waals surface area contributed by atoms with Gasteiger partial charge in [0.2, 0.25) is 0 Å². The molecule has 2 aromatic heterocycles. The topological polar surface area (TPSA) is 72.0 Å². The highest BCUT2D eigenvalue weighted by atomic mass is 35.5. The van der Waals surface area contributed by atoms with Crippen LogP contribution in [0.15, 0.2) is 34.4 Å². The smallest absolute Gasteiger partial charge is 0.315 e. The number of carbonyl (C=O) groups is 1. The molecule has 0 aliphatic carbocycles. The molecule has 3 aromatic rings. The van der Waals surface area contributed by atoms with Gasteiger partial charge in [-0.15, -0.1) is 23.1 Å². The quantitative estimate of drug-likeness (QED) is 0.637. The minimum Gasteiger partial charge on any atom is -0.465 e. The molecule has 3 rings (SSSR count). The predicted octanol–water partition coefficient (Wildman–Crippen LogP) is 4.10. The molecule has 0 aliphatic rings. The van der Waals surface area contributed by atoms with Gasteiger partial charge in [0.1, 0.15) is 10.7 Å². The van der Waals surface area contributed by atoms with Crippen LogP contribution in [0.25, 0.3) is 21.3 Å². The highest BCUT2D eigenvalue weighted by Gasteiger charge is 2.13. The van der Waals surface area contributed by atoms with Crippen LogP contribution in [0.3, 0.4) is 0 Å². The van der Waals surface area contributed by atoms with E-state index in [0.717, 1.165) is 11.1 Å². The maximum Gasteiger partial charge on any atom is 0.315 e. The first kappa shape index (κ1) is 18.0. The Morgan fingerprint density at radius 2 is 2.12 bits per heavy atom. The van der Waals surface area contributed by atoms with Gasteiger partial charge in [0.05, 0.1) is 23.5 Å². The molecule has 0 saturated heterocycles. The van der Waals surface area contributed by atoms with E-state index < -0.39 is 0 Å². The molecule has 0 saturated carbocycles. The van der Waals surface area contributed by atoms with E-state index in [1.807, 2.05) is 17.5 Å². The van der Waals surface area contributed by atoms with Crippen molar-refractivity contribution in [3.8, 4) is 11.1 Å². The summed E-state index contributed by atoms with van der Waals surface area (Å²) in [6, 6.07) is 7.35. The Balaban J connectivity index is 1.83. The maximum atomic E-state index is 12.5. The highest BCUT2D eigenvalue weighted by molar-refractivity contribution is 7.99. The molecule has 0 unspecified atom stereocenters. The molecule has 0 aliphatic heterocycles. The van der Waals surface area contributed by atoms with Gasteiger partial charge in [0, 0.05) is 16.0 Å². The number of H-pyrrole nitrogens is 1. The SMILES string of the molecule is CCOC(=O)CSCc1nc2scc(-c3ccc(Cl)cc3)c2c(=O)[nH]1. The molecule has 130 valence electrons. The number of rotatable bonds is 6. The van der Waals surface area contributed by atoms with Crippen LogP contribution in [0.4, 0.5) is 0 Å². The second-order valence-electron chi connectivity index (χ2n) is 5.15. The lowest BCUT2D eigenvalue weighted by Crippen LogP contribution is -2.12. The highest BCUT2D eigenvalue weighted by Crippen LogP contribution is 2.31. The molecule has 5 nitrogen and oxygen atoms in total. The summed E-state index contributed by atoms with van der Waals surface area (Å²) in [6.45, 7) is 2.13. The van der Waals surface area contributed by atoms with Gasteiger partial charge in [-0.3, -0.25) is 9.59 Å². The Morgan fingerprint density at radius 1 is 1.36 bits per heavy atom. The van der Waals surface area contributed by atoms with Crippen molar-refractivity contribution in [2.24, 2.45) is 0 Å². The number of hydrogen-bond donors (Lipinski definition) is 1. The van der Waals surface area contributed by atoms with Crippen molar-refractivity contribution >= 4 is 50.9 Å². The molecule has 0 amide bonds. The van der Waals surface area contributed by atoms with Crippen LogP contribution in [-0.4, -0.2) is 28.3 Å². The molecule has 8 heteroatoms. The summed E-state index contributed by atoms with van der Waals surface area (Å²) in [5, 5.41) is 3.15. The minimum atomic E-state index is -0.267. The Kier molecular flexibility index (Phi) is 5.78. The van der Waals surface area contributed by atoms with Gasteiger partial charge in [-0.2, -0.15) is 0 Å². The zero-order valence-corrected chi connectivity index (χ0v) is 15.8. The van der Waals surface area contributed by atoms with Gasteiger partial charge in [-0.1, -0.05) is 23.7 Å². The number of nitrogens with zero attached hydrogens (tertiary/aromatic N) is 1. The fourth-order valence-corrected chi connectivity index (χ4v) is 4.11. The van der Waals surface area contributed by atoms with Crippen molar-refractivity contribution in [2.75, 3.05) is 12.4 Å². The second kappa shape index (κ2) is 8.03. The lowest BCUT2D eigenvalue weighted by molar-refractivity contribution is -0.139. The first-order valence-electron chi connectivity index (χ1n) is 7.58. The van der Waals surface area contributed by atoms with Crippen molar-refractivity contribution in [1.82, 2.24) is 9.97 Å². The number of halogens is 1. The molecular weight excluding hydrogens is 380 g/mol. The van der Waals surface area contributed by atoms with Crippen molar-refractivity contribution < 1.29 is 9.53 Å². The van der Waals surface area contributed by atoms with Crippen LogP contribution < -0.4 is 5.56 Å². The average Bonchev–Trinajstić information content (AvgIpc) is 3.00. The van der Waals surface area contributed by atoms with Crippen LogP contribution in [-0.2, 0) is 15.3 Å². The lowest BCUT2D eigenvalue weighted by atomic mass is 10.1. The molecule has 1 aromatic carbocycles. The van der Waals surface area contributed by atoms with Crippen LogP contribution >= 0.6 is 34.7 Å². The molecule has 0 radical (unpaired) electrons. The standard InChI is InChI=1S/C17H15ClN2O3S2/c1-2-23-14(21)9-24-8-13-19-16(22)15-12(7-25-17(15)20-13)10-3-5-11(18)6-4-10/h3-7H,2,8-9H2,1H3,(H,19,20,22). The van der Waals surface area contributed by atoms with E-state index in [0.29, 0.717) is 33.4 Å². The predicted molar refractivity (Wildman–Crippen MR) is 103 cm³/mol. The Labute approximate surface area is 157 Å². The van der Waals surface area contributed by atoms with Gasteiger partial charge in [-0.05, 0) is 24.6 Å². The number of aromatic nitrogens is 2. The average molecular weight is 395 g/mol. The van der Waals surface area contributed by atoms with Gasteiger partial charge in [0.15, 0.2) is 0 Å². The van der Waals surface area contributed by atoms with Gasteiger partial charge < -0.3 is 9.72 Å². The van der Waals surface area contributed by atoms with Gasteiger partial charge >= 0.3 is 5.97 Å². The molecule has 0 atom stereocenters. The van der Waals surface area contributed by atoms with Gasteiger partial charge in [-0.25, -0.2) is 4.98 Å². The van der Waals surface area contributed by atoms with Crippen molar-refractivity contribution in [3.63, 3.8) is 0 Å². The monoisotopic (exact) mass is 394 g/mol. The van der Waals surface area contributed by atoms with Crippen molar-refractivity contribution in [3.05, 3.63) is 50.8 Å². The van der Waals surface area contributed by atoms with E-state index in [1.165, 1.54) is 23.1 Å². The molecular formula is C17H15ClN2O3S2. The van der Waals surface area contributed by atoms with E-state index in [9.17, 15) is 9.59 Å². The van der Waals surface area contributed by atoms with E-state index >= 15 is 0 Å². The number of esters is 1. The van der Waals surface area contributed by atoms with Crippen LogP contribution in [0.2, 0.25) is 5.02 Å². The third-order valence-electron chi connectivity index (χ3n) is 3.41. The fraction of sp³-hybridized carbons (Fsp3) is 0.235. The molecule has 25 heavy (non-hydrogen) atoms. The Hall–Kier alpha value is -1.83. The first-order chi connectivity index (χ1) is 12.1. The summed E-state index contributed by atoms with van der Waals surface area (Å²) in [6.07, 6.45) is 0. The summed E-state index contributed by atoms with van der Waals surface area (Å²) < 4.78 is 4.88. The maximum absolute atomic E-state index is 12.5. The third kappa shape index (κ3) is 4.23. The molecule has 1 N–H and O–H groups in total. The van der Waals surface area contributed by atoms with Gasteiger partial charge in [0.25, 0.3) is 5.56 Å². The number of aromatic amines is 1. The van der Waals surface area contributed by atoms with Crippen LogP contribution in [0, 0.1) is 0 Å². The molecule has 2 heterocycles. The second-order valence-corrected chi connectivity index (χ2v) is 7.43. The fourth-order valence-electron chi connectivity index (χ4n) is 2.34. The summed E-state index contributed by atoms with van der Waals surface area (Å²) in [7, 11) is 0. The Bertz CT molecular complexity index is 951. The number of carbonyl (C=O) groups excluding carboxylic acids is 1. The van der Waals surface area contributed by atoms with E-state index in [-0.39, 0.29) is 17.3 Å². The first-order valence-corrected chi connectivity index (χ1v) is 9.99. The van der Waals surface area contributed by atoms with Crippen molar-refractivity contribution in [2.45, 2.75) is 12.7 Å². The lowest BCUT2D eigenvalue weighted by Gasteiger charge is -2.03. The summed E-state index contributed by atoms with van der Waals surface area (Å²) >= 11 is 8.70. The number of thiophene rings is 1. The minimum absolute atomic E-state index is 0.178. The number of nitrogens with one attached hydrogen (secondary N) is 1. The van der Waals surface area contributed by atoms with Crippen molar-refractivity contribution in [1.29, 1.82) is 0 Å². The third-order valence-corrected chi connectivity index (χ3v) is 5.45. The zero-order valence-electron chi connectivity index (χ0n) is 13.4. The number of benzene rings is 1. The largest absolute Gasteiger partial charge is 0.465 e. The molecule has 0 spiro atoms. The van der Waals surface area contributed by atoms with Crippen LogP contribution in [0.1, 0.15) is 12.7 Å². The van der Waals surface area contributed by atoms with E-state index in [4.69, 9.17) is 16.3 Å². The summed E-state index contributed by atoms with van der Waals surface area (Å²) in [5.41, 5.74) is 1.59.